The summed E-state index contributed by atoms with van der Waals surface area (Å²) in [5.74, 6) is -0.581. The van der Waals surface area contributed by atoms with Gasteiger partial charge in [0.15, 0.2) is 0 Å². The van der Waals surface area contributed by atoms with Crippen LogP contribution in [0.4, 0.5) is 13.2 Å². The van der Waals surface area contributed by atoms with Gasteiger partial charge in [-0.1, -0.05) is 42.5 Å². The number of halogens is 3. The molecule has 0 atom stereocenters. The summed E-state index contributed by atoms with van der Waals surface area (Å²) in [6, 6.07) is 15.4. The van der Waals surface area contributed by atoms with Crippen molar-refractivity contribution >= 4 is 20.9 Å². The van der Waals surface area contributed by atoms with Gasteiger partial charge in [-0.25, -0.2) is 0 Å². The molecule has 130 valence electrons. The Morgan fingerprint density at radius 1 is 0.920 bits per heavy atom. The van der Waals surface area contributed by atoms with E-state index in [1.54, 1.807) is 36.4 Å². The van der Waals surface area contributed by atoms with E-state index in [4.69, 9.17) is 0 Å². The fraction of sp³-hybridized carbons (Fsp3) is 0.0588. The molecule has 0 saturated heterocycles. The molecule has 0 unspecified atom stereocenters. The Hall–Kier alpha value is -2.74. The number of fused-ring (bicyclic) bond motifs is 1. The second kappa shape index (κ2) is 5.96. The molecule has 0 bridgehead atoms. The second-order valence-electron chi connectivity index (χ2n) is 5.19. The number of hydrogen-bond acceptors (Lipinski definition) is 4. The lowest BCUT2D eigenvalue weighted by molar-refractivity contribution is -0.0500. The van der Waals surface area contributed by atoms with E-state index in [9.17, 15) is 26.7 Å². The van der Waals surface area contributed by atoms with Gasteiger partial charge in [-0.05, 0) is 34.5 Å². The molecule has 3 rings (SSSR count). The van der Waals surface area contributed by atoms with E-state index in [1.807, 2.05) is 0 Å². The first-order valence-electron chi connectivity index (χ1n) is 7.01. The van der Waals surface area contributed by atoms with Gasteiger partial charge in [0, 0.05) is 5.56 Å². The topological polar surface area (TPSA) is 63.6 Å². The number of hydrogen-bond donors (Lipinski definition) is 1. The Morgan fingerprint density at radius 2 is 1.56 bits per heavy atom. The average Bonchev–Trinajstić information content (AvgIpc) is 2.54. The SMILES string of the molecule is O=S(=O)(Oc1ccc2ccc(O)c(-c3ccccc3)c2c1)C(F)(F)F. The average molecular weight is 368 g/mol. The van der Waals surface area contributed by atoms with Crippen molar-refractivity contribution in [3.63, 3.8) is 0 Å². The minimum absolute atomic E-state index is 0.0884. The zero-order valence-corrected chi connectivity index (χ0v) is 13.3. The quantitative estimate of drug-likeness (QED) is 0.548. The third-order valence-corrected chi connectivity index (χ3v) is 4.50. The monoisotopic (exact) mass is 368 g/mol. The smallest absolute Gasteiger partial charge is 0.507 e. The molecule has 0 spiro atoms. The van der Waals surface area contributed by atoms with Crippen molar-refractivity contribution in [1.82, 2.24) is 0 Å². The van der Waals surface area contributed by atoms with Gasteiger partial charge in [0.2, 0.25) is 0 Å². The minimum atomic E-state index is -5.77. The van der Waals surface area contributed by atoms with E-state index in [1.165, 1.54) is 12.1 Å². The summed E-state index contributed by atoms with van der Waals surface area (Å²) in [7, 11) is -5.77. The zero-order valence-electron chi connectivity index (χ0n) is 12.5. The molecule has 0 heterocycles. The first-order chi connectivity index (χ1) is 11.7. The summed E-state index contributed by atoms with van der Waals surface area (Å²) in [5.41, 5.74) is -4.53. The molecule has 0 amide bonds. The Kier molecular flexibility index (Phi) is 4.08. The van der Waals surface area contributed by atoms with Crippen molar-refractivity contribution in [2.45, 2.75) is 5.51 Å². The lowest BCUT2D eigenvalue weighted by Crippen LogP contribution is -2.28. The highest BCUT2D eigenvalue weighted by Gasteiger charge is 2.48. The molecular weight excluding hydrogens is 357 g/mol. The first-order valence-corrected chi connectivity index (χ1v) is 8.42. The Labute approximate surface area is 141 Å². The summed E-state index contributed by atoms with van der Waals surface area (Å²) in [6.07, 6.45) is 0. The standard InChI is InChI=1S/C17H11F3O4S/c18-17(19,20)25(22,23)24-13-8-6-11-7-9-15(21)16(14(11)10-13)12-4-2-1-3-5-12/h1-10,21H. The zero-order chi connectivity index (χ0) is 18.2. The van der Waals surface area contributed by atoms with Crippen LogP contribution in [0.2, 0.25) is 0 Å². The van der Waals surface area contributed by atoms with Crippen molar-refractivity contribution < 1.29 is 30.9 Å². The Balaban J connectivity index is 2.17. The molecule has 0 saturated carbocycles. The van der Waals surface area contributed by atoms with E-state index in [0.717, 1.165) is 12.1 Å². The van der Waals surface area contributed by atoms with E-state index in [-0.39, 0.29) is 5.75 Å². The lowest BCUT2D eigenvalue weighted by atomic mass is 9.97. The summed E-state index contributed by atoms with van der Waals surface area (Å²) in [4.78, 5) is 0. The van der Waals surface area contributed by atoms with Gasteiger partial charge in [0.25, 0.3) is 0 Å². The molecule has 0 radical (unpaired) electrons. The number of aromatic hydroxyl groups is 1. The maximum atomic E-state index is 12.5. The normalized spacial score (nSPS) is 12.3. The Morgan fingerprint density at radius 3 is 2.20 bits per heavy atom. The van der Waals surface area contributed by atoms with Crippen LogP contribution in [0.1, 0.15) is 0 Å². The van der Waals surface area contributed by atoms with Gasteiger partial charge in [-0.3, -0.25) is 0 Å². The highest BCUT2D eigenvalue weighted by atomic mass is 32.2. The molecule has 4 nitrogen and oxygen atoms in total. The van der Waals surface area contributed by atoms with Crippen molar-refractivity contribution in [3.8, 4) is 22.6 Å². The van der Waals surface area contributed by atoms with Gasteiger partial charge < -0.3 is 9.29 Å². The molecule has 0 aliphatic rings. The van der Waals surface area contributed by atoms with Crippen LogP contribution in [0.15, 0.2) is 60.7 Å². The predicted molar refractivity (Wildman–Crippen MR) is 86.7 cm³/mol. The van der Waals surface area contributed by atoms with Gasteiger partial charge >= 0.3 is 15.6 Å². The van der Waals surface area contributed by atoms with Crippen LogP contribution in [0, 0.1) is 0 Å². The van der Waals surface area contributed by atoms with Crippen molar-refractivity contribution in [1.29, 1.82) is 0 Å². The van der Waals surface area contributed by atoms with Crippen LogP contribution >= 0.6 is 0 Å². The van der Waals surface area contributed by atoms with Crippen LogP contribution in [-0.2, 0) is 10.1 Å². The molecule has 25 heavy (non-hydrogen) atoms. The highest BCUT2D eigenvalue weighted by Crippen LogP contribution is 2.38. The molecule has 1 N–H and O–H groups in total. The maximum absolute atomic E-state index is 12.5. The minimum Gasteiger partial charge on any atom is -0.507 e. The molecule has 3 aromatic rings. The number of phenolic OH excluding ortho intramolecular Hbond substituents is 1. The molecule has 0 aliphatic heterocycles. The molecule has 0 aliphatic carbocycles. The summed E-state index contributed by atoms with van der Waals surface area (Å²) in [5, 5.41) is 11.1. The van der Waals surface area contributed by atoms with Crippen LogP contribution in [0.25, 0.3) is 21.9 Å². The van der Waals surface area contributed by atoms with Gasteiger partial charge in [-0.15, -0.1) is 0 Å². The fourth-order valence-electron chi connectivity index (χ4n) is 2.42. The summed E-state index contributed by atoms with van der Waals surface area (Å²) in [6.45, 7) is 0. The van der Waals surface area contributed by atoms with Gasteiger partial charge in [0.1, 0.15) is 11.5 Å². The molecule has 8 heteroatoms. The van der Waals surface area contributed by atoms with Crippen LogP contribution in [0.3, 0.4) is 0 Å². The molecule has 0 aromatic heterocycles. The van der Waals surface area contributed by atoms with E-state index < -0.39 is 21.4 Å². The highest BCUT2D eigenvalue weighted by molar-refractivity contribution is 7.88. The third kappa shape index (κ3) is 3.25. The number of rotatable bonds is 3. The first kappa shape index (κ1) is 17.1. The summed E-state index contributed by atoms with van der Waals surface area (Å²) >= 11 is 0. The molecule has 3 aromatic carbocycles. The summed E-state index contributed by atoms with van der Waals surface area (Å²) < 4.78 is 64.0. The number of alkyl halides is 3. The number of benzene rings is 3. The Bertz CT molecular complexity index is 1030. The maximum Gasteiger partial charge on any atom is 0.534 e. The van der Waals surface area contributed by atoms with Crippen molar-refractivity contribution in [3.05, 3.63) is 60.7 Å². The molecule has 0 fully saturated rings. The molecular formula is C17H11F3O4S. The van der Waals surface area contributed by atoms with Crippen molar-refractivity contribution in [2.24, 2.45) is 0 Å². The second-order valence-corrected chi connectivity index (χ2v) is 6.73. The van der Waals surface area contributed by atoms with Crippen molar-refractivity contribution in [2.75, 3.05) is 0 Å². The van der Waals surface area contributed by atoms with E-state index in [2.05, 4.69) is 4.18 Å². The van der Waals surface area contributed by atoms with E-state index >= 15 is 0 Å². The van der Waals surface area contributed by atoms with E-state index in [0.29, 0.717) is 21.9 Å². The lowest BCUT2D eigenvalue weighted by Gasteiger charge is -2.13. The van der Waals surface area contributed by atoms with Gasteiger partial charge in [-0.2, -0.15) is 21.6 Å². The van der Waals surface area contributed by atoms with Crippen LogP contribution in [-0.4, -0.2) is 19.0 Å². The predicted octanol–water partition coefficient (Wildman–Crippen LogP) is 4.44. The van der Waals surface area contributed by atoms with Crippen LogP contribution in [0.5, 0.6) is 11.5 Å². The largest absolute Gasteiger partial charge is 0.534 e. The van der Waals surface area contributed by atoms with Gasteiger partial charge in [0.05, 0.1) is 0 Å². The number of phenols is 1. The van der Waals surface area contributed by atoms with Crippen LogP contribution < -0.4 is 4.18 Å². The third-order valence-electron chi connectivity index (χ3n) is 3.52. The fourth-order valence-corrected chi connectivity index (χ4v) is 2.87.